The quantitative estimate of drug-likeness (QED) is 0.123. The molecule has 1 aromatic carbocycles. The number of halogens is 7. The fraction of sp³-hybridized carbons (Fsp3) is 0.709. The summed E-state index contributed by atoms with van der Waals surface area (Å²) in [6.45, 7) is 5.32. The molecule has 4 heterocycles. The minimum Gasteiger partial charge on any atom is -0.344 e. The largest absolute Gasteiger partial charge is 0.403 e. The molecular weight excluding hydrogens is 1080 g/mol. The van der Waals surface area contributed by atoms with Gasteiger partial charge in [-0.25, -0.2) is 13.2 Å². The van der Waals surface area contributed by atoms with Gasteiger partial charge in [-0.2, -0.15) is 13.2 Å². The highest BCUT2D eigenvalue weighted by Crippen LogP contribution is 2.69. The number of piperidine rings is 1. The lowest BCUT2D eigenvalue weighted by Gasteiger charge is -2.60. The van der Waals surface area contributed by atoms with Crippen LogP contribution in [-0.4, -0.2) is 179 Å². The van der Waals surface area contributed by atoms with E-state index in [1.165, 1.54) is 35.2 Å². The number of carbonyl (C=O) groups excluding carboxylic acids is 7. The normalized spacial score (nSPS) is 26.5. The van der Waals surface area contributed by atoms with Crippen molar-refractivity contribution in [2.45, 2.75) is 178 Å². The van der Waals surface area contributed by atoms with Crippen molar-refractivity contribution in [1.82, 2.24) is 45.4 Å². The molecule has 16 nitrogen and oxygen atoms in total. The van der Waals surface area contributed by atoms with Gasteiger partial charge in [0.15, 0.2) is 0 Å². The monoisotopic (exact) mass is 1160 g/mol. The van der Waals surface area contributed by atoms with Gasteiger partial charge in [0, 0.05) is 77.7 Å². The first kappa shape index (κ1) is 61.6. The van der Waals surface area contributed by atoms with Crippen LogP contribution in [0, 0.1) is 16.7 Å². The van der Waals surface area contributed by atoms with Gasteiger partial charge in [-0.3, -0.25) is 38.5 Å². The van der Waals surface area contributed by atoms with Crippen molar-refractivity contribution < 1.29 is 59.9 Å². The van der Waals surface area contributed by atoms with Gasteiger partial charge in [-0.15, -0.1) is 11.3 Å². The summed E-state index contributed by atoms with van der Waals surface area (Å²) in [4.78, 5) is 113. The minimum atomic E-state index is -4.96. The maximum atomic E-state index is 15.4. The Hall–Kier alpha value is -5.03. The van der Waals surface area contributed by atoms with E-state index in [4.69, 9.17) is 11.6 Å². The van der Waals surface area contributed by atoms with Crippen molar-refractivity contribution in [3.05, 3.63) is 40.5 Å². The van der Waals surface area contributed by atoms with Crippen LogP contribution in [0.25, 0.3) is 10.4 Å². The number of rotatable bonds is 15. The van der Waals surface area contributed by atoms with E-state index in [0.717, 1.165) is 16.2 Å². The number of aromatic nitrogens is 1. The Kier molecular flexibility index (Phi) is 19.8. The van der Waals surface area contributed by atoms with Crippen LogP contribution >= 0.6 is 22.9 Å². The van der Waals surface area contributed by atoms with Gasteiger partial charge in [0.2, 0.25) is 41.4 Å². The van der Waals surface area contributed by atoms with Crippen LogP contribution in [0.15, 0.2) is 29.9 Å². The van der Waals surface area contributed by atoms with Crippen molar-refractivity contribution >= 4 is 64.3 Å². The van der Waals surface area contributed by atoms with Crippen molar-refractivity contribution in [3.63, 3.8) is 0 Å². The molecule has 3 saturated heterocycles. The summed E-state index contributed by atoms with van der Waals surface area (Å²) in [5.74, 6) is -8.67. The molecule has 79 heavy (non-hydrogen) atoms. The highest BCUT2D eigenvalue weighted by atomic mass is 35.5. The van der Waals surface area contributed by atoms with Gasteiger partial charge >= 0.3 is 6.18 Å². The molecule has 1 aromatic heterocycles. The number of hydrogen-bond acceptors (Lipinski definition) is 10. The third-order valence-corrected chi connectivity index (χ3v) is 18.1. The first-order chi connectivity index (χ1) is 37.1. The van der Waals surface area contributed by atoms with Gasteiger partial charge in [0.25, 0.3) is 5.92 Å². The van der Waals surface area contributed by atoms with Gasteiger partial charge < -0.3 is 40.4 Å². The molecule has 3 aliphatic heterocycles. The molecule has 5 aliphatic rings. The molecular formula is C55H76ClF6N9O7S. The highest BCUT2D eigenvalue weighted by Gasteiger charge is 2.73. The van der Waals surface area contributed by atoms with E-state index in [0.29, 0.717) is 53.3 Å². The maximum absolute atomic E-state index is 15.4. The standard InChI is InChI=1S/C55H76ClF6N9O7S/c1-33(2)24-40-50(77)69(6)42(26-35-25-36(56)14-15-38(35)44-28-63-32-79-44)46(73)64-34(3)48(75)67(4)20-9-8-13-41(45(72)66-40)68(5)49(76)39(12-7-10-21-70-22-18-54(58,59)19-23-70)65-47(74)43-27-37(57)29-71(43)51(78)53(55(60,61)62)30-52(31-53)16-11-17-52/h14-15,25,28,32-34,37,39-43H,7-13,16-24,26-27,29-31H2,1-6H3,(H,64,73)(H,65,74)(H,66,72)/t34-,37-,39+,40+,41+,42+,43+/m1/s1. The zero-order valence-corrected chi connectivity index (χ0v) is 47.5. The molecule has 2 saturated carbocycles. The lowest BCUT2D eigenvalue weighted by Crippen LogP contribution is -2.66. The van der Waals surface area contributed by atoms with Crippen LogP contribution in [-0.2, 0) is 40.0 Å². The van der Waals surface area contributed by atoms with Gasteiger partial charge in [0.1, 0.15) is 47.8 Å². The number of likely N-dealkylation sites (tertiary alicyclic amines) is 2. The van der Waals surface area contributed by atoms with Crippen molar-refractivity contribution in [3.8, 4) is 10.4 Å². The molecule has 7 rings (SSSR count). The van der Waals surface area contributed by atoms with E-state index >= 15 is 9.18 Å². The van der Waals surface area contributed by atoms with Crippen LogP contribution in [0.4, 0.5) is 26.3 Å². The Labute approximate surface area is 467 Å². The summed E-state index contributed by atoms with van der Waals surface area (Å²) in [5, 5.41) is 8.70. The van der Waals surface area contributed by atoms with E-state index in [1.54, 1.807) is 43.9 Å². The van der Waals surface area contributed by atoms with Gasteiger partial charge in [0.05, 0.1) is 16.9 Å². The zero-order valence-electron chi connectivity index (χ0n) is 45.9. The van der Waals surface area contributed by atoms with Crippen LogP contribution < -0.4 is 16.0 Å². The Bertz CT molecular complexity index is 2520. The smallest absolute Gasteiger partial charge is 0.344 e. The Morgan fingerprint density at radius 1 is 0.949 bits per heavy atom. The van der Waals surface area contributed by atoms with Gasteiger partial charge in [-0.05, 0) is 119 Å². The van der Waals surface area contributed by atoms with Gasteiger partial charge in [-0.1, -0.05) is 37.9 Å². The van der Waals surface area contributed by atoms with E-state index in [1.807, 2.05) is 18.7 Å². The van der Waals surface area contributed by atoms with Crippen LogP contribution in [0.2, 0.25) is 5.02 Å². The molecule has 0 bridgehead atoms. The number of hydrogen-bond donors (Lipinski definition) is 3. The number of likely N-dealkylation sites (N-methyl/N-ethyl adjacent to an activating group) is 3. The number of carbonyl (C=O) groups is 7. The number of nitrogens with one attached hydrogen (secondary N) is 3. The molecule has 7 amide bonds. The fourth-order valence-corrected chi connectivity index (χ4v) is 13.1. The summed E-state index contributed by atoms with van der Waals surface area (Å²) in [7, 11) is 4.33. The second-order valence-electron chi connectivity index (χ2n) is 23.3. The molecule has 3 N–H and O–H groups in total. The Morgan fingerprint density at radius 2 is 1.65 bits per heavy atom. The average Bonchev–Trinajstić information content (AvgIpc) is 3.16. The molecule has 2 aliphatic carbocycles. The second-order valence-corrected chi connectivity index (χ2v) is 24.6. The number of benzene rings is 1. The summed E-state index contributed by atoms with van der Waals surface area (Å²) in [6, 6.07) is -2.83. The lowest BCUT2D eigenvalue weighted by atomic mass is 9.44. The van der Waals surface area contributed by atoms with Crippen LogP contribution in [0.3, 0.4) is 0 Å². The SMILES string of the molecule is CC(C)C[C@@H]1NC(=O)[C@@H](N(C)C(=O)[C@H](CCCCN2CCC(F)(F)CC2)NC(=O)[C@@H]2C[C@@H](F)CN2C(=O)C2(C(F)(F)F)CC3(CCC3)C2)CCCCN(C)C(=O)[C@@H](C)NC(=O)[C@H](Cc2cc(Cl)ccc2-c2cncs2)N(C)C1=O. The number of nitrogens with zero attached hydrogens (tertiary/aromatic N) is 6. The average molecular weight is 1160 g/mol. The Morgan fingerprint density at radius 3 is 2.27 bits per heavy atom. The van der Waals surface area contributed by atoms with Crippen molar-refractivity contribution in [2.75, 3.05) is 53.9 Å². The first-order valence-electron chi connectivity index (χ1n) is 27.6. The zero-order chi connectivity index (χ0) is 57.8. The molecule has 1 spiro atoms. The second kappa shape index (κ2) is 25.4. The molecule has 5 fully saturated rings. The van der Waals surface area contributed by atoms with E-state index in [-0.39, 0.29) is 76.9 Å². The lowest BCUT2D eigenvalue weighted by molar-refractivity contribution is -0.285. The fourth-order valence-electron chi connectivity index (χ4n) is 12.3. The van der Waals surface area contributed by atoms with Crippen LogP contribution in [0.5, 0.6) is 0 Å². The number of unbranched alkanes of at least 4 members (excludes halogenated alkanes) is 1. The van der Waals surface area contributed by atoms with Crippen LogP contribution in [0.1, 0.15) is 123 Å². The summed E-state index contributed by atoms with van der Waals surface area (Å²) in [5.41, 5.74) is -0.431. The predicted octanol–water partition coefficient (Wildman–Crippen LogP) is 7.18. The van der Waals surface area contributed by atoms with E-state index in [9.17, 15) is 50.7 Å². The third-order valence-electron chi connectivity index (χ3n) is 17.0. The first-order valence-corrected chi connectivity index (χ1v) is 28.9. The number of alkyl halides is 6. The molecule has 0 unspecified atom stereocenters. The maximum Gasteiger partial charge on any atom is 0.403 e. The molecule has 24 heteroatoms. The molecule has 2 aromatic rings. The van der Waals surface area contributed by atoms with E-state index < -0.39 is 133 Å². The number of amides is 7. The number of thiazole rings is 1. The topological polar surface area (TPSA) is 185 Å². The molecule has 438 valence electrons. The molecule has 0 radical (unpaired) electrons. The molecule has 7 atom stereocenters. The minimum absolute atomic E-state index is 0.00568. The van der Waals surface area contributed by atoms with Crippen molar-refractivity contribution in [2.24, 2.45) is 16.7 Å². The summed E-state index contributed by atoms with van der Waals surface area (Å²) in [6.07, 6.45) is -4.35. The highest BCUT2D eigenvalue weighted by molar-refractivity contribution is 7.13. The predicted molar refractivity (Wildman–Crippen MR) is 285 cm³/mol. The third kappa shape index (κ3) is 14.4. The summed E-state index contributed by atoms with van der Waals surface area (Å²) < 4.78 is 88.1. The van der Waals surface area contributed by atoms with E-state index in [2.05, 4.69) is 20.9 Å². The summed E-state index contributed by atoms with van der Waals surface area (Å²) >= 11 is 7.87. The van der Waals surface area contributed by atoms with Crippen molar-refractivity contribution in [1.29, 1.82) is 0 Å². The Balaban J connectivity index is 1.16.